The first-order valence-electron chi connectivity index (χ1n) is 9.95. The summed E-state index contributed by atoms with van der Waals surface area (Å²) in [6.45, 7) is 0. The predicted octanol–water partition coefficient (Wildman–Crippen LogP) is 4.90. The van der Waals surface area contributed by atoms with Crippen LogP contribution in [0.2, 0.25) is 0 Å². The van der Waals surface area contributed by atoms with E-state index in [4.69, 9.17) is 0 Å². The number of hydrogen-bond acceptors (Lipinski definition) is 0. The van der Waals surface area contributed by atoms with Crippen LogP contribution in [0.4, 0.5) is 0 Å². The monoisotopic (exact) mass is 310 g/mol. The second kappa shape index (κ2) is 7.67. The average Bonchev–Trinajstić information content (AvgIpc) is 2.59. The molecule has 0 aliphatic heterocycles. The molecule has 0 aromatic carbocycles. The average molecular weight is 310 g/mol. The van der Waals surface area contributed by atoms with Crippen LogP contribution in [0.5, 0.6) is 0 Å². The minimum Gasteiger partial charge on any atom is -0.273 e. The topological polar surface area (TPSA) is 14.0 Å². The Morgan fingerprint density at radius 1 is 0.524 bits per heavy atom. The molecule has 0 amide bonds. The lowest BCUT2D eigenvalue weighted by atomic mass is 9.99. The van der Waals surface area contributed by atoms with Gasteiger partial charge in [0.1, 0.15) is 14.1 Å². The molecule has 0 spiro atoms. The first-order chi connectivity index (χ1) is 10.4. The van der Waals surface area contributed by atoms with Crippen LogP contribution in [-0.4, -0.2) is 24.0 Å². The first kappa shape index (κ1) is 16.1. The van der Waals surface area contributed by atoms with Crippen molar-refractivity contribution < 1.29 is 4.74 Å². The summed E-state index contributed by atoms with van der Waals surface area (Å²) >= 11 is 0. The van der Waals surface area contributed by atoms with E-state index in [1.807, 2.05) is 0 Å². The summed E-state index contributed by atoms with van der Waals surface area (Å²) in [7, 11) is 1.41. The van der Waals surface area contributed by atoms with Gasteiger partial charge in [-0.1, -0.05) is 57.8 Å². The van der Waals surface area contributed by atoms with Crippen LogP contribution in [0.25, 0.3) is 0 Å². The molecule has 3 rings (SSSR count). The van der Waals surface area contributed by atoms with Gasteiger partial charge < -0.3 is 0 Å². The fourth-order valence-corrected chi connectivity index (χ4v) is 12.5. The molecule has 3 aliphatic rings. The first-order valence-corrected chi connectivity index (χ1v) is 11.9. The molecule has 0 heterocycles. The third-order valence-corrected chi connectivity index (χ3v) is 12.9. The van der Waals surface area contributed by atoms with Gasteiger partial charge in [-0.05, 0) is 38.5 Å². The summed E-state index contributed by atoms with van der Waals surface area (Å²) in [5.41, 5.74) is 3.26. The zero-order valence-corrected chi connectivity index (χ0v) is 15.2. The van der Waals surface area contributed by atoms with Crippen molar-refractivity contribution in [2.24, 2.45) is 0 Å². The Hall–Kier alpha value is 0.230. The van der Waals surface area contributed by atoms with Crippen LogP contribution in [0.3, 0.4) is 0 Å². The molecule has 122 valence electrons. The predicted molar refractivity (Wildman–Crippen MR) is 94.4 cm³/mol. The van der Waals surface area contributed by atoms with Gasteiger partial charge in [0.05, 0.1) is 0 Å². The molecular formula is C19H37NP+. The van der Waals surface area contributed by atoms with E-state index in [1.54, 1.807) is 38.5 Å². The van der Waals surface area contributed by atoms with Gasteiger partial charge in [0, 0.05) is 17.0 Å². The Kier molecular flexibility index (Phi) is 5.88. The SMILES string of the molecule is C[NH+]=P(C1CCCCC1)(C1CCCCC1)C1CCCCC1. The maximum Gasteiger partial charge on any atom is 0.125 e. The third-order valence-electron chi connectivity index (χ3n) is 6.92. The van der Waals surface area contributed by atoms with Crippen molar-refractivity contribution in [2.45, 2.75) is 113 Å². The van der Waals surface area contributed by atoms with E-state index in [1.165, 1.54) is 57.8 Å². The van der Waals surface area contributed by atoms with Crippen molar-refractivity contribution in [3.05, 3.63) is 0 Å². The molecule has 3 aliphatic carbocycles. The number of nitrogens with one attached hydrogen (secondary N) is 1. The van der Waals surface area contributed by atoms with Gasteiger partial charge >= 0.3 is 0 Å². The minimum absolute atomic E-state index is 0.953. The normalized spacial score (nSPS) is 27.7. The lowest BCUT2D eigenvalue weighted by molar-refractivity contribution is -0.400. The Labute approximate surface area is 132 Å². The van der Waals surface area contributed by atoms with Gasteiger partial charge in [0.2, 0.25) is 0 Å². The van der Waals surface area contributed by atoms with Crippen molar-refractivity contribution >= 4 is 7.05 Å². The van der Waals surface area contributed by atoms with Crippen LogP contribution in [0.15, 0.2) is 0 Å². The lowest BCUT2D eigenvalue weighted by Crippen LogP contribution is -2.66. The Balaban J connectivity index is 1.90. The molecule has 21 heavy (non-hydrogen) atoms. The second-order valence-corrected chi connectivity index (χ2v) is 12.2. The standard InChI is InChI=1S/C19H36NP/c1-20-21(17-11-5-2-6-12-17,18-13-7-3-8-14-18)19-15-9-4-10-16-19/h17-19H,2-16H2,1H3/p+1. The summed E-state index contributed by atoms with van der Waals surface area (Å²) < 4.78 is 4.14. The zero-order chi connectivity index (χ0) is 14.5. The number of rotatable bonds is 3. The highest BCUT2D eigenvalue weighted by atomic mass is 31.2. The Bertz CT molecular complexity index is 305. The minimum atomic E-state index is -0.953. The van der Waals surface area contributed by atoms with Gasteiger partial charge in [0.25, 0.3) is 0 Å². The van der Waals surface area contributed by atoms with Crippen LogP contribution >= 0.6 is 7.05 Å². The summed E-state index contributed by atoms with van der Waals surface area (Å²) in [4.78, 5) is 0. The molecule has 0 saturated heterocycles. The van der Waals surface area contributed by atoms with Crippen LogP contribution in [-0.2, 0) is 0 Å². The van der Waals surface area contributed by atoms with E-state index in [2.05, 4.69) is 11.8 Å². The molecule has 2 heteroatoms. The van der Waals surface area contributed by atoms with Gasteiger partial charge in [-0.3, -0.25) is 4.74 Å². The maximum atomic E-state index is 4.14. The molecule has 3 saturated carbocycles. The molecule has 3 fully saturated rings. The molecule has 0 unspecified atom stereocenters. The summed E-state index contributed by atoms with van der Waals surface area (Å²) in [6.07, 6.45) is 23.0. The van der Waals surface area contributed by atoms with Crippen molar-refractivity contribution in [2.75, 3.05) is 7.05 Å². The third kappa shape index (κ3) is 3.29. The van der Waals surface area contributed by atoms with E-state index >= 15 is 0 Å². The van der Waals surface area contributed by atoms with E-state index in [0.29, 0.717) is 0 Å². The molecule has 0 radical (unpaired) electrons. The molecule has 0 bridgehead atoms. The summed E-state index contributed by atoms with van der Waals surface area (Å²) in [6, 6.07) is 0. The van der Waals surface area contributed by atoms with Gasteiger partial charge in [-0.15, -0.1) is 0 Å². The van der Waals surface area contributed by atoms with Crippen LogP contribution in [0, 0.1) is 0 Å². The van der Waals surface area contributed by atoms with E-state index in [0.717, 1.165) is 17.0 Å². The quantitative estimate of drug-likeness (QED) is 0.713. The second-order valence-electron chi connectivity index (χ2n) is 7.93. The lowest BCUT2D eigenvalue weighted by Gasteiger charge is -2.44. The van der Waals surface area contributed by atoms with E-state index < -0.39 is 7.05 Å². The van der Waals surface area contributed by atoms with Gasteiger partial charge in [-0.25, -0.2) is 0 Å². The van der Waals surface area contributed by atoms with Crippen molar-refractivity contribution in [1.82, 2.24) is 0 Å². The molecule has 1 nitrogen and oxygen atoms in total. The van der Waals surface area contributed by atoms with Crippen molar-refractivity contribution in [1.29, 1.82) is 0 Å². The molecule has 0 aromatic rings. The highest BCUT2D eigenvalue weighted by molar-refractivity contribution is 7.65. The zero-order valence-electron chi connectivity index (χ0n) is 14.3. The van der Waals surface area contributed by atoms with Crippen LogP contribution < -0.4 is 4.74 Å². The van der Waals surface area contributed by atoms with Gasteiger partial charge in [0.15, 0.2) is 0 Å². The highest BCUT2D eigenvalue weighted by Crippen LogP contribution is 2.65. The number of hydrogen-bond donors (Lipinski definition) is 1. The Morgan fingerprint density at radius 3 is 1.05 bits per heavy atom. The highest BCUT2D eigenvalue weighted by Gasteiger charge is 2.48. The van der Waals surface area contributed by atoms with Crippen LogP contribution in [0.1, 0.15) is 96.3 Å². The fraction of sp³-hybridized carbons (Fsp3) is 1.00. The largest absolute Gasteiger partial charge is 0.273 e. The maximum absolute atomic E-state index is 4.14. The molecular weight excluding hydrogens is 273 g/mol. The van der Waals surface area contributed by atoms with Crippen molar-refractivity contribution in [3.63, 3.8) is 0 Å². The molecule has 0 atom stereocenters. The van der Waals surface area contributed by atoms with E-state index in [9.17, 15) is 0 Å². The summed E-state index contributed by atoms with van der Waals surface area (Å²) in [5, 5.41) is 0. The Morgan fingerprint density at radius 2 is 0.810 bits per heavy atom. The van der Waals surface area contributed by atoms with Crippen molar-refractivity contribution in [3.8, 4) is 0 Å². The molecule has 1 N–H and O–H groups in total. The molecule has 0 aromatic heterocycles. The van der Waals surface area contributed by atoms with E-state index in [-0.39, 0.29) is 0 Å². The smallest absolute Gasteiger partial charge is 0.125 e. The van der Waals surface area contributed by atoms with Gasteiger partial charge in [-0.2, -0.15) is 0 Å². The summed E-state index contributed by atoms with van der Waals surface area (Å²) in [5.74, 6) is 0. The fourth-order valence-electron chi connectivity index (χ4n) is 5.97.